The van der Waals surface area contributed by atoms with Crippen molar-refractivity contribution in [2.45, 2.75) is 6.54 Å². The minimum Gasteiger partial charge on any atom is -0.493 e. The van der Waals surface area contributed by atoms with Gasteiger partial charge in [-0.1, -0.05) is 24.3 Å². The van der Waals surface area contributed by atoms with E-state index in [1.165, 1.54) is 0 Å². The summed E-state index contributed by atoms with van der Waals surface area (Å²) in [5, 5.41) is 2.74. The molecule has 1 heterocycles. The lowest BCUT2D eigenvalue weighted by atomic mass is 10.3. The van der Waals surface area contributed by atoms with Crippen molar-refractivity contribution in [3.63, 3.8) is 0 Å². The van der Waals surface area contributed by atoms with E-state index in [1.54, 1.807) is 29.9 Å². The van der Waals surface area contributed by atoms with Gasteiger partial charge in [-0.3, -0.25) is 9.36 Å². The van der Waals surface area contributed by atoms with Gasteiger partial charge in [0.1, 0.15) is 0 Å². The summed E-state index contributed by atoms with van der Waals surface area (Å²) in [6.45, 7) is 0.586. The van der Waals surface area contributed by atoms with E-state index in [-0.39, 0.29) is 18.2 Å². The number of methoxy groups -OCH3 is 1. The number of aromatic amines is 1. The third-order valence-corrected chi connectivity index (χ3v) is 3.77. The number of amides is 1. The fourth-order valence-electron chi connectivity index (χ4n) is 2.57. The fraction of sp³-hybridized carbons (Fsp3) is 0.222. The number of ether oxygens (including phenoxy) is 2. The Morgan fingerprint density at radius 1 is 1.12 bits per heavy atom. The van der Waals surface area contributed by atoms with Crippen LogP contribution in [0.4, 0.5) is 0 Å². The summed E-state index contributed by atoms with van der Waals surface area (Å²) >= 11 is 0. The van der Waals surface area contributed by atoms with Crippen LogP contribution in [-0.4, -0.2) is 35.7 Å². The van der Waals surface area contributed by atoms with E-state index >= 15 is 0 Å². The maximum absolute atomic E-state index is 12.0. The molecule has 0 fully saturated rings. The number of benzene rings is 2. The monoisotopic (exact) mass is 341 g/mol. The molecule has 0 saturated heterocycles. The molecule has 2 N–H and O–H groups in total. The molecule has 0 saturated carbocycles. The van der Waals surface area contributed by atoms with Crippen LogP contribution in [0.3, 0.4) is 0 Å². The van der Waals surface area contributed by atoms with Crippen molar-refractivity contribution in [1.82, 2.24) is 14.9 Å². The first kappa shape index (κ1) is 16.6. The molecule has 25 heavy (non-hydrogen) atoms. The van der Waals surface area contributed by atoms with E-state index in [9.17, 15) is 9.59 Å². The molecule has 3 rings (SSSR count). The zero-order valence-electron chi connectivity index (χ0n) is 13.8. The predicted molar refractivity (Wildman–Crippen MR) is 94.1 cm³/mol. The van der Waals surface area contributed by atoms with Crippen LogP contribution in [0, 0.1) is 0 Å². The number of aromatic nitrogens is 2. The molecule has 0 bridgehead atoms. The number of nitrogens with one attached hydrogen (secondary N) is 2. The lowest BCUT2D eigenvalue weighted by Gasteiger charge is -2.10. The van der Waals surface area contributed by atoms with Crippen molar-refractivity contribution in [3.05, 3.63) is 59.0 Å². The Bertz CT molecular complexity index is 929. The zero-order valence-corrected chi connectivity index (χ0v) is 13.8. The van der Waals surface area contributed by atoms with Crippen LogP contribution in [0.5, 0.6) is 11.5 Å². The van der Waals surface area contributed by atoms with Crippen LogP contribution in [0.25, 0.3) is 11.0 Å². The normalized spacial score (nSPS) is 10.6. The number of hydrogen-bond acceptors (Lipinski definition) is 4. The molecular weight excluding hydrogens is 322 g/mol. The maximum atomic E-state index is 12.0. The van der Waals surface area contributed by atoms with Crippen molar-refractivity contribution >= 4 is 16.9 Å². The first-order chi connectivity index (χ1) is 12.2. The van der Waals surface area contributed by atoms with Crippen LogP contribution in [0.15, 0.2) is 53.3 Å². The van der Waals surface area contributed by atoms with E-state index in [0.29, 0.717) is 24.6 Å². The highest BCUT2D eigenvalue weighted by Crippen LogP contribution is 2.25. The molecular formula is C18H19N3O4. The summed E-state index contributed by atoms with van der Waals surface area (Å²) in [6.07, 6.45) is 0. The molecule has 0 aliphatic heterocycles. The second-order valence-electron chi connectivity index (χ2n) is 5.39. The topological polar surface area (TPSA) is 85.3 Å². The van der Waals surface area contributed by atoms with Crippen molar-refractivity contribution in [3.8, 4) is 11.5 Å². The van der Waals surface area contributed by atoms with Gasteiger partial charge in [0.15, 0.2) is 18.1 Å². The molecule has 7 nitrogen and oxygen atoms in total. The number of H-pyrrole nitrogens is 1. The minimum atomic E-state index is -0.265. The Hall–Kier alpha value is -3.22. The van der Waals surface area contributed by atoms with E-state index in [1.807, 2.05) is 30.3 Å². The SMILES string of the molecule is COc1ccccc1OCC(=O)NCCn1c(=O)[nH]c2ccccc21. The van der Waals surface area contributed by atoms with Gasteiger partial charge in [-0.05, 0) is 24.3 Å². The largest absolute Gasteiger partial charge is 0.493 e. The highest BCUT2D eigenvalue weighted by Gasteiger charge is 2.08. The van der Waals surface area contributed by atoms with Crippen molar-refractivity contribution in [1.29, 1.82) is 0 Å². The van der Waals surface area contributed by atoms with Crippen LogP contribution >= 0.6 is 0 Å². The average Bonchev–Trinajstić information content (AvgIpc) is 2.96. The second-order valence-corrected chi connectivity index (χ2v) is 5.39. The molecule has 0 unspecified atom stereocenters. The minimum absolute atomic E-state index is 0.122. The van der Waals surface area contributed by atoms with Crippen molar-refractivity contribution < 1.29 is 14.3 Å². The first-order valence-electron chi connectivity index (χ1n) is 7.89. The molecule has 0 atom stereocenters. The van der Waals surface area contributed by atoms with Gasteiger partial charge in [0, 0.05) is 13.1 Å². The number of carbonyl (C=O) groups is 1. The number of imidazole rings is 1. The summed E-state index contributed by atoms with van der Waals surface area (Å²) in [4.78, 5) is 26.7. The third-order valence-electron chi connectivity index (χ3n) is 3.77. The number of carbonyl (C=O) groups excluding carboxylic acids is 1. The molecule has 0 aliphatic carbocycles. The summed E-state index contributed by atoms with van der Waals surface area (Å²) in [5.74, 6) is 0.812. The predicted octanol–water partition coefficient (Wildman–Crippen LogP) is 1.53. The van der Waals surface area contributed by atoms with Crippen molar-refractivity contribution in [2.24, 2.45) is 0 Å². The van der Waals surface area contributed by atoms with Crippen LogP contribution in [0.2, 0.25) is 0 Å². The van der Waals surface area contributed by atoms with Gasteiger partial charge in [0.05, 0.1) is 18.1 Å². The van der Waals surface area contributed by atoms with E-state index in [2.05, 4.69) is 10.3 Å². The van der Waals surface area contributed by atoms with Gasteiger partial charge in [-0.2, -0.15) is 0 Å². The maximum Gasteiger partial charge on any atom is 0.326 e. The summed E-state index contributed by atoms with van der Waals surface area (Å²) < 4.78 is 12.2. The lowest BCUT2D eigenvalue weighted by molar-refractivity contribution is -0.123. The highest BCUT2D eigenvalue weighted by atomic mass is 16.5. The Labute approximate surface area is 144 Å². The number of para-hydroxylation sites is 4. The van der Waals surface area contributed by atoms with Gasteiger partial charge in [-0.15, -0.1) is 0 Å². The lowest BCUT2D eigenvalue weighted by Crippen LogP contribution is -2.33. The molecule has 1 aromatic heterocycles. The summed E-state index contributed by atoms with van der Waals surface area (Å²) in [5.41, 5.74) is 1.39. The quantitative estimate of drug-likeness (QED) is 0.682. The number of fused-ring (bicyclic) bond motifs is 1. The fourth-order valence-corrected chi connectivity index (χ4v) is 2.57. The Morgan fingerprint density at radius 2 is 1.84 bits per heavy atom. The van der Waals surface area contributed by atoms with Gasteiger partial charge in [0.25, 0.3) is 5.91 Å². The molecule has 1 amide bonds. The van der Waals surface area contributed by atoms with Crippen molar-refractivity contribution in [2.75, 3.05) is 20.3 Å². The first-order valence-corrected chi connectivity index (χ1v) is 7.89. The zero-order chi connectivity index (χ0) is 17.6. The number of rotatable bonds is 7. The number of nitrogens with zero attached hydrogens (tertiary/aromatic N) is 1. The molecule has 0 aliphatic rings. The van der Waals surface area contributed by atoms with Crippen LogP contribution < -0.4 is 20.5 Å². The Morgan fingerprint density at radius 3 is 2.64 bits per heavy atom. The van der Waals surface area contributed by atoms with Gasteiger partial charge >= 0.3 is 5.69 Å². The molecule has 3 aromatic rings. The second kappa shape index (κ2) is 7.57. The average molecular weight is 341 g/mol. The molecule has 2 aromatic carbocycles. The molecule has 7 heteroatoms. The van der Waals surface area contributed by atoms with E-state index in [4.69, 9.17) is 9.47 Å². The summed E-state index contributed by atoms with van der Waals surface area (Å²) in [6, 6.07) is 14.6. The standard InChI is InChI=1S/C18H19N3O4/c1-24-15-8-4-5-9-16(15)25-12-17(22)19-10-11-21-14-7-3-2-6-13(14)20-18(21)23/h2-9H,10-12H2,1H3,(H,19,22)(H,20,23). The summed E-state index contributed by atoms with van der Waals surface area (Å²) in [7, 11) is 1.54. The van der Waals surface area contributed by atoms with Crippen LogP contribution in [-0.2, 0) is 11.3 Å². The highest BCUT2D eigenvalue weighted by molar-refractivity contribution is 5.77. The van der Waals surface area contributed by atoms with Gasteiger partial charge in [-0.25, -0.2) is 4.79 Å². The van der Waals surface area contributed by atoms with Crippen LogP contribution in [0.1, 0.15) is 0 Å². The molecule has 0 spiro atoms. The molecule has 0 radical (unpaired) electrons. The smallest absolute Gasteiger partial charge is 0.326 e. The van der Waals surface area contributed by atoms with E-state index < -0.39 is 0 Å². The van der Waals surface area contributed by atoms with E-state index in [0.717, 1.165) is 11.0 Å². The Balaban J connectivity index is 1.52. The number of hydrogen-bond donors (Lipinski definition) is 2. The third kappa shape index (κ3) is 3.82. The molecule has 130 valence electrons. The Kier molecular flexibility index (Phi) is 5.03. The van der Waals surface area contributed by atoms with Gasteiger partial charge in [0.2, 0.25) is 0 Å². The van der Waals surface area contributed by atoms with Gasteiger partial charge < -0.3 is 19.8 Å².